The summed E-state index contributed by atoms with van der Waals surface area (Å²) in [5, 5.41) is 8.33. The predicted molar refractivity (Wildman–Crippen MR) is 101 cm³/mol. The minimum Gasteiger partial charge on any atom is -0.337 e. The summed E-state index contributed by atoms with van der Waals surface area (Å²) in [5.41, 5.74) is 3.58. The highest BCUT2D eigenvalue weighted by molar-refractivity contribution is 5.94. The zero-order valence-corrected chi connectivity index (χ0v) is 15.6. The Labute approximate surface area is 158 Å². The summed E-state index contributed by atoms with van der Waals surface area (Å²) in [5.74, 6) is -0.237. The first-order valence-corrected chi connectivity index (χ1v) is 10.00. The topological polar surface area (TPSA) is 50.2 Å². The Bertz CT molecular complexity index is 863. The van der Waals surface area contributed by atoms with Gasteiger partial charge >= 0.3 is 0 Å². The molecule has 2 fully saturated rings. The Morgan fingerprint density at radius 2 is 1.89 bits per heavy atom. The Balaban J connectivity index is 1.45. The number of halogens is 1. The highest BCUT2D eigenvalue weighted by atomic mass is 19.1. The molecule has 27 heavy (non-hydrogen) atoms. The van der Waals surface area contributed by atoms with Crippen molar-refractivity contribution in [3.8, 4) is 5.69 Å². The lowest BCUT2D eigenvalue weighted by atomic mass is 9.98. The standard InChI is InChI=1S/C21H25FN4O/c1-25(17-11-14-7-8-15(12-17)23-14)21(27)20-18-3-2-4-19(18)26(24-20)16-9-5-13(22)6-10-16/h5-6,9-10,14-15,17,23H,2-4,7-8,11-12H2,1H3. The number of hydrogen-bond donors (Lipinski definition) is 1. The predicted octanol–water partition coefficient (Wildman–Crippen LogP) is 2.86. The van der Waals surface area contributed by atoms with E-state index in [4.69, 9.17) is 0 Å². The number of amides is 1. The number of nitrogens with zero attached hydrogens (tertiary/aromatic N) is 3. The molecule has 2 unspecified atom stereocenters. The van der Waals surface area contributed by atoms with Crippen LogP contribution in [0.1, 0.15) is 53.8 Å². The van der Waals surface area contributed by atoms with Crippen LogP contribution in [0.2, 0.25) is 0 Å². The normalized spacial score (nSPS) is 26.2. The summed E-state index contributed by atoms with van der Waals surface area (Å²) >= 11 is 0. The molecule has 2 atom stereocenters. The number of aromatic nitrogens is 2. The van der Waals surface area contributed by atoms with E-state index in [2.05, 4.69) is 10.4 Å². The molecule has 5 nitrogen and oxygen atoms in total. The van der Waals surface area contributed by atoms with Gasteiger partial charge in [0.1, 0.15) is 5.82 Å². The van der Waals surface area contributed by atoms with Crippen LogP contribution >= 0.6 is 0 Å². The van der Waals surface area contributed by atoms with Crippen LogP contribution in [0.3, 0.4) is 0 Å². The van der Waals surface area contributed by atoms with Crippen LogP contribution in [0.15, 0.2) is 24.3 Å². The lowest BCUT2D eigenvalue weighted by Gasteiger charge is -2.35. The van der Waals surface area contributed by atoms with Crippen molar-refractivity contribution >= 4 is 5.91 Å². The fraction of sp³-hybridized carbons (Fsp3) is 0.524. The molecule has 1 amide bonds. The van der Waals surface area contributed by atoms with Crippen LogP contribution in [0.4, 0.5) is 4.39 Å². The Hall–Kier alpha value is -2.21. The fourth-order valence-electron chi connectivity index (χ4n) is 5.08. The average Bonchev–Trinajstić information content (AvgIpc) is 3.36. The molecule has 1 aromatic carbocycles. The highest BCUT2D eigenvalue weighted by Gasteiger charge is 2.38. The number of piperidine rings is 1. The van der Waals surface area contributed by atoms with Crippen LogP contribution in [0.25, 0.3) is 5.69 Å². The molecular formula is C21H25FN4O. The summed E-state index contributed by atoms with van der Waals surface area (Å²) in [6.07, 6.45) is 7.34. The second-order valence-electron chi connectivity index (χ2n) is 8.19. The molecule has 2 aromatic rings. The third-order valence-electron chi connectivity index (χ3n) is 6.52. The van der Waals surface area contributed by atoms with Crippen molar-refractivity contribution < 1.29 is 9.18 Å². The van der Waals surface area contributed by atoms with Gasteiger partial charge in [0.15, 0.2) is 5.69 Å². The lowest BCUT2D eigenvalue weighted by molar-refractivity contribution is 0.0674. The van der Waals surface area contributed by atoms with E-state index in [0.29, 0.717) is 17.8 Å². The molecule has 3 heterocycles. The molecule has 1 N–H and O–H groups in total. The molecule has 142 valence electrons. The van der Waals surface area contributed by atoms with Gasteiger partial charge in [-0.1, -0.05) is 0 Å². The van der Waals surface area contributed by atoms with Crippen molar-refractivity contribution in [1.29, 1.82) is 0 Å². The SMILES string of the molecule is CN(C(=O)c1nn(-c2ccc(F)cc2)c2c1CCC2)C1CC2CCC(C1)N2. The summed E-state index contributed by atoms with van der Waals surface area (Å²) in [6, 6.07) is 7.71. The van der Waals surface area contributed by atoms with E-state index in [0.717, 1.165) is 49.0 Å². The van der Waals surface area contributed by atoms with E-state index in [1.807, 2.05) is 16.6 Å². The number of carbonyl (C=O) groups excluding carboxylic acids is 1. The van der Waals surface area contributed by atoms with Gasteiger partial charge in [-0.3, -0.25) is 4.79 Å². The second kappa shape index (κ2) is 6.44. The van der Waals surface area contributed by atoms with Crippen molar-refractivity contribution in [2.45, 2.75) is 63.1 Å². The average molecular weight is 368 g/mol. The van der Waals surface area contributed by atoms with Crippen molar-refractivity contribution in [3.05, 3.63) is 47.0 Å². The molecule has 2 bridgehead atoms. The smallest absolute Gasteiger partial charge is 0.274 e. The van der Waals surface area contributed by atoms with Gasteiger partial charge in [0.2, 0.25) is 0 Å². The number of carbonyl (C=O) groups is 1. The number of rotatable bonds is 3. The molecule has 2 aliphatic heterocycles. The molecule has 0 spiro atoms. The quantitative estimate of drug-likeness (QED) is 0.906. The first-order chi connectivity index (χ1) is 13.1. The van der Waals surface area contributed by atoms with Gasteiger partial charge in [0.05, 0.1) is 5.69 Å². The molecule has 1 aromatic heterocycles. The third kappa shape index (κ3) is 2.87. The Morgan fingerprint density at radius 1 is 1.19 bits per heavy atom. The van der Waals surface area contributed by atoms with Gasteiger partial charge in [-0.05, 0) is 69.2 Å². The maximum atomic E-state index is 13.3. The van der Waals surface area contributed by atoms with Crippen molar-refractivity contribution in [2.75, 3.05) is 7.05 Å². The second-order valence-corrected chi connectivity index (χ2v) is 8.19. The zero-order chi connectivity index (χ0) is 18.5. The lowest BCUT2D eigenvalue weighted by Crippen LogP contribution is -2.48. The molecule has 0 saturated carbocycles. The monoisotopic (exact) mass is 368 g/mol. The van der Waals surface area contributed by atoms with E-state index in [9.17, 15) is 9.18 Å². The molecule has 6 heteroatoms. The minimum absolute atomic E-state index is 0.0281. The number of benzene rings is 1. The third-order valence-corrected chi connectivity index (χ3v) is 6.52. The highest BCUT2D eigenvalue weighted by Crippen LogP contribution is 2.32. The van der Waals surface area contributed by atoms with Gasteiger partial charge < -0.3 is 10.2 Å². The first-order valence-electron chi connectivity index (χ1n) is 10.00. The summed E-state index contributed by atoms with van der Waals surface area (Å²) in [6.45, 7) is 0. The molecule has 1 aliphatic carbocycles. The van der Waals surface area contributed by atoms with Gasteiger partial charge in [-0.25, -0.2) is 9.07 Å². The minimum atomic E-state index is -0.265. The number of hydrogen-bond acceptors (Lipinski definition) is 3. The van der Waals surface area contributed by atoms with Crippen molar-refractivity contribution in [2.24, 2.45) is 0 Å². The fourth-order valence-corrected chi connectivity index (χ4v) is 5.08. The van der Waals surface area contributed by atoms with Crippen LogP contribution in [-0.4, -0.2) is 45.8 Å². The summed E-state index contributed by atoms with van der Waals surface area (Å²) < 4.78 is 15.1. The zero-order valence-electron chi connectivity index (χ0n) is 15.6. The maximum absolute atomic E-state index is 13.3. The first kappa shape index (κ1) is 16.9. The van der Waals surface area contributed by atoms with E-state index in [1.165, 1.54) is 25.0 Å². The molecular weight excluding hydrogens is 343 g/mol. The largest absolute Gasteiger partial charge is 0.337 e. The van der Waals surface area contributed by atoms with Crippen LogP contribution in [-0.2, 0) is 12.8 Å². The Kier molecular flexibility index (Phi) is 4.04. The van der Waals surface area contributed by atoms with Crippen LogP contribution < -0.4 is 5.32 Å². The van der Waals surface area contributed by atoms with E-state index >= 15 is 0 Å². The summed E-state index contributed by atoms with van der Waals surface area (Å²) in [7, 11) is 1.93. The van der Waals surface area contributed by atoms with Crippen LogP contribution in [0, 0.1) is 5.82 Å². The van der Waals surface area contributed by atoms with Gasteiger partial charge in [0.25, 0.3) is 5.91 Å². The van der Waals surface area contributed by atoms with Crippen LogP contribution in [0.5, 0.6) is 0 Å². The van der Waals surface area contributed by atoms with E-state index in [1.54, 1.807) is 12.1 Å². The van der Waals surface area contributed by atoms with Gasteiger partial charge in [0, 0.05) is 36.4 Å². The van der Waals surface area contributed by atoms with Gasteiger partial charge in [-0.15, -0.1) is 0 Å². The number of fused-ring (bicyclic) bond motifs is 3. The summed E-state index contributed by atoms with van der Waals surface area (Å²) in [4.78, 5) is 15.2. The van der Waals surface area contributed by atoms with Crippen molar-refractivity contribution in [3.63, 3.8) is 0 Å². The van der Waals surface area contributed by atoms with E-state index < -0.39 is 0 Å². The maximum Gasteiger partial charge on any atom is 0.274 e. The molecule has 0 radical (unpaired) electrons. The Morgan fingerprint density at radius 3 is 2.59 bits per heavy atom. The van der Waals surface area contributed by atoms with Crippen molar-refractivity contribution in [1.82, 2.24) is 20.0 Å². The molecule has 3 aliphatic rings. The molecule has 2 saturated heterocycles. The molecule has 5 rings (SSSR count). The number of nitrogens with one attached hydrogen (secondary N) is 1. The van der Waals surface area contributed by atoms with E-state index in [-0.39, 0.29) is 17.8 Å². The van der Waals surface area contributed by atoms with Gasteiger partial charge in [-0.2, -0.15) is 5.10 Å².